The summed E-state index contributed by atoms with van der Waals surface area (Å²) in [4.78, 5) is 25.5. The predicted octanol–water partition coefficient (Wildman–Crippen LogP) is 2.12. The van der Waals surface area contributed by atoms with Gasteiger partial charge in [-0.05, 0) is 36.2 Å². The number of hydrogen-bond acceptors (Lipinski definition) is 3. The first-order valence-electron chi connectivity index (χ1n) is 6.87. The van der Waals surface area contributed by atoms with Crippen LogP contribution in [0.2, 0.25) is 0 Å². The Morgan fingerprint density at radius 1 is 1.33 bits per heavy atom. The van der Waals surface area contributed by atoms with Crippen LogP contribution in [-0.2, 0) is 17.8 Å². The molecule has 0 saturated heterocycles. The molecule has 2 heterocycles. The quantitative estimate of drug-likeness (QED) is 0.939. The third kappa shape index (κ3) is 2.67. The Balaban J connectivity index is 1.75. The zero-order chi connectivity index (χ0) is 14.8. The van der Waals surface area contributed by atoms with E-state index in [4.69, 9.17) is 4.42 Å². The fourth-order valence-corrected chi connectivity index (χ4v) is 2.53. The van der Waals surface area contributed by atoms with Gasteiger partial charge in [0.05, 0.1) is 12.8 Å². The molecule has 5 heteroatoms. The van der Waals surface area contributed by atoms with E-state index in [0.717, 1.165) is 17.7 Å². The summed E-state index contributed by atoms with van der Waals surface area (Å²) in [6.45, 7) is 2.57. The van der Waals surface area contributed by atoms with Gasteiger partial charge in [-0.2, -0.15) is 0 Å². The van der Waals surface area contributed by atoms with Gasteiger partial charge in [-0.25, -0.2) is 0 Å². The van der Waals surface area contributed by atoms with Crippen LogP contribution in [0.25, 0.3) is 0 Å². The van der Waals surface area contributed by atoms with Crippen molar-refractivity contribution in [3.05, 3.63) is 53.5 Å². The second-order valence-electron chi connectivity index (χ2n) is 5.03. The van der Waals surface area contributed by atoms with Crippen LogP contribution in [0.15, 0.2) is 41.0 Å². The number of benzene rings is 1. The predicted molar refractivity (Wildman–Crippen MR) is 78.1 cm³/mol. The molecular weight excluding hydrogens is 268 g/mol. The molecule has 1 aromatic heterocycles. The summed E-state index contributed by atoms with van der Waals surface area (Å²) < 4.78 is 5.17. The van der Waals surface area contributed by atoms with Gasteiger partial charge in [-0.1, -0.05) is 6.07 Å². The van der Waals surface area contributed by atoms with Crippen molar-refractivity contribution in [3.63, 3.8) is 0 Å². The van der Waals surface area contributed by atoms with Crippen LogP contribution in [0.4, 0.5) is 5.69 Å². The van der Waals surface area contributed by atoms with Crippen LogP contribution in [0, 0.1) is 0 Å². The molecule has 0 aliphatic carbocycles. The molecule has 1 aromatic carbocycles. The SMILES string of the molecule is CC(=O)N1CCc2ccc(C(=O)NCc3ccco3)cc21. The molecule has 1 aliphatic heterocycles. The molecule has 21 heavy (non-hydrogen) atoms. The van der Waals surface area contributed by atoms with Crippen LogP contribution >= 0.6 is 0 Å². The molecule has 0 bridgehead atoms. The lowest BCUT2D eigenvalue weighted by atomic mass is 10.1. The van der Waals surface area contributed by atoms with Crippen LogP contribution in [-0.4, -0.2) is 18.4 Å². The Kier molecular flexibility index (Phi) is 3.48. The van der Waals surface area contributed by atoms with Crippen molar-refractivity contribution in [1.82, 2.24) is 5.32 Å². The summed E-state index contributed by atoms with van der Waals surface area (Å²) in [5, 5.41) is 2.80. The first-order chi connectivity index (χ1) is 10.1. The van der Waals surface area contributed by atoms with E-state index in [1.165, 1.54) is 0 Å². The number of furan rings is 1. The minimum Gasteiger partial charge on any atom is -0.467 e. The maximum absolute atomic E-state index is 12.2. The van der Waals surface area contributed by atoms with Gasteiger partial charge in [-0.15, -0.1) is 0 Å². The molecule has 1 aliphatic rings. The second kappa shape index (κ2) is 5.44. The van der Waals surface area contributed by atoms with Gasteiger partial charge in [0.25, 0.3) is 5.91 Å². The molecule has 3 rings (SSSR count). The fraction of sp³-hybridized carbons (Fsp3) is 0.250. The number of carbonyl (C=O) groups is 2. The number of fused-ring (bicyclic) bond motifs is 1. The number of amides is 2. The molecule has 0 atom stereocenters. The van der Waals surface area contributed by atoms with E-state index in [-0.39, 0.29) is 11.8 Å². The standard InChI is InChI=1S/C16H16N2O3/c1-11(19)18-7-6-12-4-5-13(9-15(12)18)16(20)17-10-14-3-2-8-21-14/h2-5,8-9H,6-7,10H2,1H3,(H,17,20). The smallest absolute Gasteiger partial charge is 0.251 e. The summed E-state index contributed by atoms with van der Waals surface area (Å²) in [5.41, 5.74) is 2.49. The van der Waals surface area contributed by atoms with Gasteiger partial charge in [0, 0.05) is 24.7 Å². The Labute approximate surface area is 122 Å². The molecule has 1 N–H and O–H groups in total. The number of carbonyl (C=O) groups excluding carboxylic acids is 2. The largest absolute Gasteiger partial charge is 0.467 e. The van der Waals surface area contributed by atoms with E-state index >= 15 is 0 Å². The molecule has 5 nitrogen and oxygen atoms in total. The lowest BCUT2D eigenvalue weighted by molar-refractivity contribution is -0.116. The van der Waals surface area contributed by atoms with Gasteiger partial charge in [-0.3, -0.25) is 9.59 Å². The van der Waals surface area contributed by atoms with E-state index in [1.807, 2.05) is 6.07 Å². The average molecular weight is 284 g/mol. The minimum absolute atomic E-state index is 0.00175. The second-order valence-corrected chi connectivity index (χ2v) is 5.03. The highest BCUT2D eigenvalue weighted by Crippen LogP contribution is 2.29. The molecule has 0 saturated carbocycles. The van der Waals surface area contributed by atoms with Crippen molar-refractivity contribution in [2.75, 3.05) is 11.4 Å². The van der Waals surface area contributed by atoms with E-state index in [2.05, 4.69) is 5.32 Å². The van der Waals surface area contributed by atoms with Crippen molar-refractivity contribution in [2.45, 2.75) is 19.9 Å². The van der Waals surface area contributed by atoms with Gasteiger partial charge in [0.15, 0.2) is 0 Å². The van der Waals surface area contributed by atoms with Gasteiger partial charge in [0.1, 0.15) is 5.76 Å². The molecule has 2 amide bonds. The number of nitrogens with zero attached hydrogens (tertiary/aromatic N) is 1. The molecule has 0 spiro atoms. The van der Waals surface area contributed by atoms with Crippen molar-refractivity contribution >= 4 is 17.5 Å². The zero-order valence-electron chi connectivity index (χ0n) is 11.8. The van der Waals surface area contributed by atoms with Crippen molar-refractivity contribution in [2.24, 2.45) is 0 Å². The van der Waals surface area contributed by atoms with Crippen molar-refractivity contribution in [1.29, 1.82) is 0 Å². The van der Waals surface area contributed by atoms with E-state index in [1.54, 1.807) is 42.4 Å². The van der Waals surface area contributed by atoms with Crippen LogP contribution in [0.3, 0.4) is 0 Å². The van der Waals surface area contributed by atoms with Crippen LogP contribution < -0.4 is 10.2 Å². The molecule has 0 unspecified atom stereocenters. The highest BCUT2D eigenvalue weighted by atomic mass is 16.3. The highest BCUT2D eigenvalue weighted by molar-refractivity contribution is 5.99. The Hall–Kier alpha value is -2.56. The van der Waals surface area contributed by atoms with Crippen molar-refractivity contribution in [3.8, 4) is 0 Å². The molecule has 108 valence electrons. The summed E-state index contributed by atoms with van der Waals surface area (Å²) in [6, 6.07) is 9.07. The molecular formula is C16H16N2O3. The average Bonchev–Trinajstić information content (AvgIpc) is 3.13. The third-order valence-corrected chi connectivity index (χ3v) is 3.63. The normalized spacial score (nSPS) is 13.1. The van der Waals surface area contributed by atoms with Crippen LogP contribution in [0.1, 0.15) is 28.6 Å². The van der Waals surface area contributed by atoms with E-state index < -0.39 is 0 Å². The summed E-state index contributed by atoms with van der Waals surface area (Å²) in [7, 11) is 0. The fourth-order valence-electron chi connectivity index (χ4n) is 2.53. The monoisotopic (exact) mass is 284 g/mol. The Bertz CT molecular complexity index is 677. The number of rotatable bonds is 3. The van der Waals surface area contributed by atoms with Gasteiger partial charge >= 0.3 is 0 Å². The molecule has 0 radical (unpaired) electrons. The third-order valence-electron chi connectivity index (χ3n) is 3.63. The number of hydrogen-bond donors (Lipinski definition) is 1. The van der Waals surface area contributed by atoms with Crippen LogP contribution in [0.5, 0.6) is 0 Å². The highest BCUT2D eigenvalue weighted by Gasteiger charge is 2.23. The molecule has 0 fully saturated rings. The maximum Gasteiger partial charge on any atom is 0.251 e. The summed E-state index contributed by atoms with van der Waals surface area (Å²) in [5.74, 6) is 0.529. The van der Waals surface area contributed by atoms with Gasteiger partial charge in [0.2, 0.25) is 5.91 Å². The molecule has 2 aromatic rings. The Morgan fingerprint density at radius 2 is 2.19 bits per heavy atom. The zero-order valence-corrected chi connectivity index (χ0v) is 11.8. The summed E-state index contributed by atoms with van der Waals surface area (Å²) in [6.07, 6.45) is 2.41. The first-order valence-corrected chi connectivity index (χ1v) is 6.87. The topological polar surface area (TPSA) is 62.6 Å². The number of anilines is 1. The van der Waals surface area contributed by atoms with Crippen molar-refractivity contribution < 1.29 is 14.0 Å². The minimum atomic E-state index is -0.176. The Morgan fingerprint density at radius 3 is 2.90 bits per heavy atom. The van der Waals surface area contributed by atoms with E-state index in [0.29, 0.717) is 24.4 Å². The van der Waals surface area contributed by atoms with E-state index in [9.17, 15) is 9.59 Å². The first kappa shape index (κ1) is 13.4. The maximum atomic E-state index is 12.2. The number of nitrogens with one attached hydrogen (secondary N) is 1. The summed E-state index contributed by atoms with van der Waals surface area (Å²) >= 11 is 0. The van der Waals surface area contributed by atoms with Gasteiger partial charge < -0.3 is 14.6 Å². The lowest BCUT2D eigenvalue weighted by Gasteiger charge is -2.15. The lowest BCUT2D eigenvalue weighted by Crippen LogP contribution is -2.26.